The molecule has 2 aliphatic rings. The molecule has 0 spiro atoms. The van der Waals surface area contributed by atoms with Crippen LogP contribution in [0.25, 0.3) is 5.00 Å². The fraction of sp³-hybridized carbons (Fsp3) is 0.469. The zero-order valence-corrected chi connectivity index (χ0v) is 26.4. The summed E-state index contributed by atoms with van der Waals surface area (Å²) < 4.78 is 2.06. The summed E-state index contributed by atoms with van der Waals surface area (Å²) in [6.45, 7) is 9.62. The molecular weight excluding hydrogens is 568 g/mol. The van der Waals surface area contributed by atoms with Crippen LogP contribution in [0.4, 0.5) is 0 Å². The van der Waals surface area contributed by atoms with E-state index < -0.39 is 6.04 Å². The van der Waals surface area contributed by atoms with Gasteiger partial charge in [0.2, 0.25) is 11.8 Å². The molecule has 0 bridgehead atoms. The molecule has 5 rings (SSSR count). The SMILES string of the molecule is CC1=CC1CNC(=O)CCCCCCCNC(=O)C[C@@H]1N=C(c2ccc(Cl)cc2)c2c(sc(C)c2C)-n2c(C)nnc21. The van der Waals surface area contributed by atoms with E-state index in [9.17, 15) is 9.59 Å². The van der Waals surface area contributed by atoms with Crippen molar-refractivity contribution in [2.24, 2.45) is 10.9 Å². The minimum absolute atomic E-state index is 0.0540. The van der Waals surface area contributed by atoms with Crippen molar-refractivity contribution in [3.05, 3.63) is 74.2 Å². The molecule has 3 heterocycles. The number of carbonyl (C=O) groups is 2. The van der Waals surface area contributed by atoms with Gasteiger partial charge in [0.1, 0.15) is 16.9 Å². The third kappa shape index (κ3) is 7.01. The van der Waals surface area contributed by atoms with E-state index in [1.165, 1.54) is 16.0 Å². The molecule has 1 aliphatic carbocycles. The van der Waals surface area contributed by atoms with Crippen LogP contribution in [0.1, 0.15) is 91.1 Å². The molecule has 0 saturated carbocycles. The molecule has 0 fully saturated rings. The first-order valence-electron chi connectivity index (χ1n) is 14.8. The number of benzene rings is 1. The van der Waals surface area contributed by atoms with Crippen molar-refractivity contribution in [2.75, 3.05) is 13.1 Å². The zero-order chi connectivity index (χ0) is 29.8. The first kappa shape index (κ1) is 30.2. The highest BCUT2D eigenvalue weighted by atomic mass is 35.5. The summed E-state index contributed by atoms with van der Waals surface area (Å²) >= 11 is 7.89. The third-order valence-electron chi connectivity index (χ3n) is 8.10. The number of nitrogens with one attached hydrogen (secondary N) is 2. The van der Waals surface area contributed by atoms with E-state index in [4.69, 9.17) is 16.6 Å². The standard InChI is InChI=1S/C32H39ClN6O2S/c1-19-16-24(19)18-35-27(40)10-8-6-5-7-9-15-34-28(41)17-26-31-38-37-22(4)39(31)32-29(20(2)21(3)42-32)30(36-26)23-11-13-25(33)14-12-23/h11-14,16,24,26H,5-10,15,17-18H2,1-4H3,(H,34,41)(H,35,40)/t24?,26-/m0/s1. The Kier molecular flexibility index (Phi) is 9.58. The van der Waals surface area contributed by atoms with Gasteiger partial charge in [-0.15, -0.1) is 21.5 Å². The van der Waals surface area contributed by atoms with E-state index in [1.807, 2.05) is 31.2 Å². The second-order valence-electron chi connectivity index (χ2n) is 11.3. The van der Waals surface area contributed by atoms with Gasteiger partial charge in [-0.05, 0) is 58.2 Å². The lowest BCUT2D eigenvalue weighted by molar-refractivity contribution is -0.122. The number of halogens is 1. The Morgan fingerprint density at radius 1 is 0.952 bits per heavy atom. The van der Waals surface area contributed by atoms with Gasteiger partial charge in [0, 0.05) is 46.5 Å². The predicted octanol–water partition coefficient (Wildman–Crippen LogP) is 6.34. The third-order valence-corrected chi connectivity index (χ3v) is 9.54. The number of aryl methyl sites for hydroxylation is 2. The molecule has 2 N–H and O–H groups in total. The summed E-state index contributed by atoms with van der Waals surface area (Å²) in [5.74, 6) is 2.03. The largest absolute Gasteiger partial charge is 0.356 e. The Morgan fingerprint density at radius 3 is 2.40 bits per heavy atom. The fourth-order valence-corrected chi connectivity index (χ4v) is 6.69. The van der Waals surface area contributed by atoms with Crippen molar-refractivity contribution in [1.82, 2.24) is 25.4 Å². The van der Waals surface area contributed by atoms with Crippen LogP contribution in [0.5, 0.6) is 0 Å². The summed E-state index contributed by atoms with van der Waals surface area (Å²) in [5, 5.41) is 16.6. The fourth-order valence-electron chi connectivity index (χ4n) is 5.35. The average molecular weight is 607 g/mol. The number of aromatic nitrogens is 3. The van der Waals surface area contributed by atoms with Crippen LogP contribution >= 0.6 is 22.9 Å². The number of hydrogen-bond donors (Lipinski definition) is 2. The molecular formula is C32H39ClN6O2S. The molecule has 42 heavy (non-hydrogen) atoms. The van der Waals surface area contributed by atoms with Gasteiger partial charge in [0.25, 0.3) is 0 Å². The first-order chi connectivity index (χ1) is 20.2. The van der Waals surface area contributed by atoms with Crippen molar-refractivity contribution in [3.63, 3.8) is 0 Å². The average Bonchev–Trinajstić information content (AvgIpc) is 3.47. The van der Waals surface area contributed by atoms with Gasteiger partial charge < -0.3 is 10.6 Å². The maximum atomic E-state index is 13.1. The van der Waals surface area contributed by atoms with Crippen molar-refractivity contribution < 1.29 is 9.59 Å². The summed E-state index contributed by atoms with van der Waals surface area (Å²) in [6.07, 6.45) is 7.83. The quantitative estimate of drug-likeness (QED) is 0.175. The normalized spacial score (nSPS) is 17.1. The number of unbranched alkanes of at least 4 members (excludes halogenated alkanes) is 4. The van der Waals surface area contributed by atoms with E-state index in [0.29, 0.717) is 29.7 Å². The number of thiophene rings is 1. The van der Waals surface area contributed by atoms with Gasteiger partial charge in [0.15, 0.2) is 5.82 Å². The molecule has 2 aromatic heterocycles. The minimum atomic E-state index is -0.470. The van der Waals surface area contributed by atoms with Gasteiger partial charge in [0.05, 0.1) is 12.1 Å². The van der Waals surface area contributed by atoms with E-state index in [2.05, 4.69) is 52.2 Å². The molecule has 222 valence electrons. The van der Waals surface area contributed by atoms with Crippen LogP contribution in [0.15, 0.2) is 40.9 Å². The highest BCUT2D eigenvalue weighted by molar-refractivity contribution is 7.15. The van der Waals surface area contributed by atoms with Crippen LogP contribution < -0.4 is 10.6 Å². The molecule has 0 saturated heterocycles. The summed E-state index contributed by atoms with van der Waals surface area (Å²) in [7, 11) is 0. The molecule has 3 aromatic rings. The molecule has 8 nitrogen and oxygen atoms in total. The van der Waals surface area contributed by atoms with Crippen molar-refractivity contribution in [3.8, 4) is 5.00 Å². The topological polar surface area (TPSA) is 101 Å². The Balaban J connectivity index is 1.16. The maximum absolute atomic E-state index is 13.1. The second-order valence-corrected chi connectivity index (χ2v) is 12.9. The number of nitrogens with zero attached hydrogens (tertiary/aromatic N) is 4. The van der Waals surface area contributed by atoms with Gasteiger partial charge >= 0.3 is 0 Å². The van der Waals surface area contributed by atoms with Crippen LogP contribution in [-0.4, -0.2) is 45.4 Å². The summed E-state index contributed by atoms with van der Waals surface area (Å²) in [4.78, 5) is 31.4. The lowest BCUT2D eigenvalue weighted by Gasteiger charge is -2.13. The second kappa shape index (κ2) is 13.3. The number of carbonyl (C=O) groups excluding carboxylic acids is 2. The van der Waals surface area contributed by atoms with E-state index >= 15 is 0 Å². The monoisotopic (exact) mass is 606 g/mol. The number of hydrogen-bond acceptors (Lipinski definition) is 6. The lowest BCUT2D eigenvalue weighted by atomic mass is 9.99. The Labute approximate surface area is 256 Å². The van der Waals surface area contributed by atoms with Crippen molar-refractivity contribution in [1.29, 1.82) is 0 Å². The highest BCUT2D eigenvalue weighted by Crippen LogP contribution is 2.39. The molecule has 10 heteroatoms. The Bertz CT molecular complexity index is 1520. The number of rotatable bonds is 13. The minimum Gasteiger partial charge on any atom is -0.356 e. The van der Waals surface area contributed by atoms with Gasteiger partial charge in [-0.1, -0.05) is 54.6 Å². The highest BCUT2D eigenvalue weighted by Gasteiger charge is 2.32. The van der Waals surface area contributed by atoms with Gasteiger partial charge in [-0.3, -0.25) is 19.1 Å². The van der Waals surface area contributed by atoms with Gasteiger partial charge in [-0.2, -0.15) is 0 Å². The van der Waals surface area contributed by atoms with Crippen LogP contribution in [0, 0.1) is 26.7 Å². The molecule has 0 radical (unpaired) electrons. The van der Waals surface area contributed by atoms with Crippen molar-refractivity contribution >= 4 is 40.5 Å². The van der Waals surface area contributed by atoms with E-state index in [1.54, 1.807) is 11.3 Å². The summed E-state index contributed by atoms with van der Waals surface area (Å²) in [6, 6.07) is 7.23. The maximum Gasteiger partial charge on any atom is 0.222 e. The zero-order valence-electron chi connectivity index (χ0n) is 24.8. The summed E-state index contributed by atoms with van der Waals surface area (Å²) in [5.41, 5.74) is 5.39. The first-order valence-corrected chi connectivity index (χ1v) is 16.0. The lowest BCUT2D eigenvalue weighted by Crippen LogP contribution is -2.26. The van der Waals surface area contributed by atoms with E-state index in [-0.39, 0.29) is 18.2 Å². The van der Waals surface area contributed by atoms with E-state index in [0.717, 1.165) is 66.3 Å². The number of fused-ring (bicyclic) bond motifs is 3. The molecule has 2 amide bonds. The smallest absolute Gasteiger partial charge is 0.222 e. The molecule has 1 aliphatic heterocycles. The molecule has 1 unspecified atom stereocenters. The van der Waals surface area contributed by atoms with Crippen LogP contribution in [0.3, 0.4) is 0 Å². The Hall–Kier alpha value is -3.30. The number of amides is 2. The van der Waals surface area contributed by atoms with Crippen molar-refractivity contribution in [2.45, 2.75) is 78.7 Å². The predicted molar refractivity (Wildman–Crippen MR) is 169 cm³/mol. The van der Waals surface area contributed by atoms with Gasteiger partial charge in [-0.25, -0.2) is 0 Å². The molecule has 2 atom stereocenters. The van der Waals surface area contributed by atoms with Crippen LogP contribution in [0.2, 0.25) is 5.02 Å². The molecule has 1 aromatic carbocycles. The van der Waals surface area contributed by atoms with Crippen LogP contribution in [-0.2, 0) is 9.59 Å². The Morgan fingerprint density at radius 2 is 1.67 bits per heavy atom. The number of aliphatic imine (C=N–C) groups is 1.